The molecule has 0 bridgehead atoms. The number of aromatic nitrogens is 4. The predicted molar refractivity (Wildman–Crippen MR) is 110 cm³/mol. The van der Waals surface area contributed by atoms with Crippen molar-refractivity contribution in [2.75, 3.05) is 0 Å². The minimum absolute atomic E-state index is 0.126. The summed E-state index contributed by atoms with van der Waals surface area (Å²) in [7, 11) is -0.437. The van der Waals surface area contributed by atoms with Gasteiger partial charge < -0.3 is 4.57 Å². The summed E-state index contributed by atoms with van der Waals surface area (Å²) in [6, 6.07) is 12.4. The molecular weight excluding hydrogens is 390 g/mol. The molecule has 0 aliphatic heterocycles. The third-order valence-electron chi connectivity index (χ3n) is 4.94. The van der Waals surface area contributed by atoms with Gasteiger partial charge in [0.2, 0.25) is 10.0 Å². The molecule has 4 aromatic rings. The second-order valence-electron chi connectivity index (χ2n) is 6.93. The zero-order valence-corrected chi connectivity index (χ0v) is 16.9. The van der Waals surface area contributed by atoms with Gasteiger partial charge in [-0.05, 0) is 29.3 Å². The van der Waals surface area contributed by atoms with Crippen LogP contribution in [0.15, 0.2) is 70.9 Å². The molecule has 150 valence electrons. The van der Waals surface area contributed by atoms with E-state index in [1.165, 1.54) is 21.3 Å². The van der Waals surface area contributed by atoms with E-state index >= 15 is 0 Å². The Kier molecular flexibility index (Phi) is 4.85. The van der Waals surface area contributed by atoms with Crippen molar-refractivity contribution in [3.05, 3.63) is 82.8 Å². The molecule has 0 saturated heterocycles. The first-order valence-corrected chi connectivity index (χ1v) is 10.5. The lowest BCUT2D eigenvalue weighted by molar-refractivity contribution is 0.581. The second-order valence-corrected chi connectivity index (χ2v) is 8.70. The smallest absolute Gasteiger partial charge is 0.328 e. The Hall–Kier alpha value is -3.17. The van der Waals surface area contributed by atoms with E-state index < -0.39 is 10.0 Å². The van der Waals surface area contributed by atoms with Crippen LogP contribution in [0.2, 0.25) is 0 Å². The Morgan fingerprint density at radius 3 is 2.52 bits per heavy atom. The summed E-state index contributed by atoms with van der Waals surface area (Å²) >= 11 is 0. The molecular formula is C20H21N5O3S. The van der Waals surface area contributed by atoms with Crippen molar-refractivity contribution < 1.29 is 8.42 Å². The first-order chi connectivity index (χ1) is 13.8. The fraction of sp³-hybridized carbons (Fsp3) is 0.200. The van der Waals surface area contributed by atoms with Gasteiger partial charge in [0.1, 0.15) is 0 Å². The van der Waals surface area contributed by atoms with Crippen molar-refractivity contribution >= 4 is 21.1 Å². The van der Waals surface area contributed by atoms with Gasteiger partial charge in [-0.3, -0.25) is 9.13 Å². The maximum absolute atomic E-state index is 12.8. The van der Waals surface area contributed by atoms with Gasteiger partial charge in [0.25, 0.3) is 0 Å². The molecule has 9 heteroatoms. The number of nitrogens with one attached hydrogen (secondary N) is 1. The molecule has 8 nitrogen and oxygen atoms in total. The van der Waals surface area contributed by atoms with Crippen molar-refractivity contribution in [3.63, 3.8) is 0 Å². The van der Waals surface area contributed by atoms with Crippen molar-refractivity contribution in [1.29, 1.82) is 0 Å². The highest BCUT2D eigenvalue weighted by molar-refractivity contribution is 7.89. The van der Waals surface area contributed by atoms with E-state index in [4.69, 9.17) is 0 Å². The number of hydrogen-bond acceptors (Lipinski definition) is 4. The van der Waals surface area contributed by atoms with Crippen LogP contribution in [0.5, 0.6) is 0 Å². The minimum atomic E-state index is -3.72. The number of hydrogen-bond donors (Lipinski definition) is 1. The molecule has 0 aliphatic rings. The predicted octanol–water partition coefficient (Wildman–Crippen LogP) is 1.60. The second kappa shape index (κ2) is 7.34. The Bertz CT molecular complexity index is 1330. The molecule has 0 atom stereocenters. The number of nitrogens with zero attached hydrogens (tertiary/aromatic N) is 4. The summed E-state index contributed by atoms with van der Waals surface area (Å²) < 4.78 is 33.1. The highest BCUT2D eigenvalue weighted by Gasteiger charge is 2.17. The maximum Gasteiger partial charge on any atom is 0.328 e. The van der Waals surface area contributed by atoms with E-state index in [2.05, 4.69) is 9.71 Å². The lowest BCUT2D eigenvalue weighted by Crippen LogP contribution is -2.23. The lowest BCUT2D eigenvalue weighted by Gasteiger charge is -2.09. The maximum atomic E-state index is 12.8. The normalized spacial score (nSPS) is 11.9. The average Bonchev–Trinajstić information content (AvgIpc) is 3.30. The van der Waals surface area contributed by atoms with Gasteiger partial charge in [0.15, 0.2) is 0 Å². The molecule has 0 unspecified atom stereocenters. The zero-order valence-electron chi connectivity index (χ0n) is 16.1. The Labute approximate surface area is 168 Å². The third-order valence-corrected chi connectivity index (χ3v) is 6.33. The minimum Gasteiger partial charge on any atom is -0.333 e. The van der Waals surface area contributed by atoms with E-state index in [9.17, 15) is 13.2 Å². The fourth-order valence-electron chi connectivity index (χ4n) is 3.34. The highest BCUT2D eigenvalue weighted by Crippen LogP contribution is 2.18. The Morgan fingerprint density at radius 2 is 1.76 bits per heavy atom. The van der Waals surface area contributed by atoms with Crippen LogP contribution in [0.3, 0.4) is 0 Å². The molecule has 0 fully saturated rings. The largest absolute Gasteiger partial charge is 0.333 e. The van der Waals surface area contributed by atoms with Crippen molar-refractivity contribution in [3.8, 4) is 0 Å². The molecule has 2 aromatic carbocycles. The van der Waals surface area contributed by atoms with Crippen LogP contribution in [0.25, 0.3) is 11.0 Å². The van der Waals surface area contributed by atoms with Crippen LogP contribution in [0.1, 0.15) is 11.1 Å². The zero-order chi connectivity index (χ0) is 20.6. The molecule has 0 radical (unpaired) electrons. The van der Waals surface area contributed by atoms with Crippen molar-refractivity contribution in [2.45, 2.75) is 18.0 Å². The molecule has 1 N–H and O–H groups in total. The molecule has 0 aliphatic carbocycles. The van der Waals surface area contributed by atoms with Crippen LogP contribution >= 0.6 is 0 Å². The van der Waals surface area contributed by atoms with Crippen LogP contribution in [0, 0.1) is 0 Å². The van der Waals surface area contributed by atoms with E-state index in [0.717, 1.165) is 11.1 Å². The van der Waals surface area contributed by atoms with Gasteiger partial charge in [-0.25, -0.2) is 22.9 Å². The summed E-state index contributed by atoms with van der Waals surface area (Å²) in [6.45, 7) is 0.838. The SMILES string of the molecule is Cn1c(=O)n(C)c2cc(S(=O)(=O)NCc3cccc(Cn4ccnc4)c3)ccc21. The standard InChI is InChI=1S/C20H21N5O3S/c1-23-18-7-6-17(11-19(18)24(2)20(23)26)29(27,28)22-12-15-4-3-5-16(10-15)13-25-9-8-21-14-25/h3-11,14,22H,12-13H2,1-2H3. The average molecular weight is 411 g/mol. The molecule has 4 rings (SSSR count). The van der Waals surface area contributed by atoms with Gasteiger partial charge in [0, 0.05) is 39.6 Å². The van der Waals surface area contributed by atoms with Crippen LogP contribution in [0.4, 0.5) is 0 Å². The van der Waals surface area contributed by atoms with E-state index in [1.807, 2.05) is 35.0 Å². The Balaban J connectivity index is 1.54. The summed E-state index contributed by atoms with van der Waals surface area (Å²) in [6.07, 6.45) is 5.34. The van der Waals surface area contributed by atoms with Crippen LogP contribution in [-0.4, -0.2) is 27.1 Å². The summed E-state index contributed by atoms with van der Waals surface area (Å²) in [5, 5.41) is 0. The van der Waals surface area contributed by atoms with Gasteiger partial charge in [-0.15, -0.1) is 0 Å². The molecule has 0 spiro atoms. The Morgan fingerprint density at radius 1 is 1.00 bits per heavy atom. The first kappa shape index (κ1) is 19.2. The van der Waals surface area contributed by atoms with E-state index in [0.29, 0.717) is 17.6 Å². The van der Waals surface area contributed by atoms with Gasteiger partial charge in [-0.2, -0.15) is 0 Å². The third kappa shape index (κ3) is 3.74. The van der Waals surface area contributed by atoms with E-state index in [-0.39, 0.29) is 17.1 Å². The fourth-order valence-corrected chi connectivity index (χ4v) is 4.38. The quantitative estimate of drug-likeness (QED) is 0.522. The van der Waals surface area contributed by atoms with Gasteiger partial charge in [0.05, 0.1) is 22.3 Å². The topological polar surface area (TPSA) is 90.9 Å². The molecule has 0 saturated carbocycles. The number of aryl methyl sites for hydroxylation is 2. The summed E-state index contributed by atoms with van der Waals surface area (Å²) in [5.74, 6) is 0. The van der Waals surface area contributed by atoms with Crippen molar-refractivity contribution in [1.82, 2.24) is 23.4 Å². The summed E-state index contributed by atoms with van der Waals surface area (Å²) in [5.41, 5.74) is 2.98. The number of fused-ring (bicyclic) bond motifs is 1. The molecule has 2 heterocycles. The monoisotopic (exact) mass is 411 g/mol. The van der Waals surface area contributed by atoms with E-state index in [1.54, 1.807) is 32.7 Å². The van der Waals surface area contributed by atoms with Gasteiger partial charge >= 0.3 is 5.69 Å². The molecule has 29 heavy (non-hydrogen) atoms. The summed E-state index contributed by atoms with van der Waals surface area (Å²) in [4.78, 5) is 16.2. The van der Waals surface area contributed by atoms with Crippen LogP contribution < -0.4 is 10.4 Å². The molecule has 0 amide bonds. The number of sulfonamides is 1. The van der Waals surface area contributed by atoms with Crippen molar-refractivity contribution in [2.24, 2.45) is 14.1 Å². The number of imidazole rings is 2. The molecule has 2 aromatic heterocycles. The van der Waals surface area contributed by atoms with Crippen LogP contribution in [-0.2, 0) is 37.2 Å². The number of rotatable bonds is 6. The first-order valence-electron chi connectivity index (χ1n) is 9.04. The van der Waals surface area contributed by atoms with Gasteiger partial charge in [-0.1, -0.05) is 24.3 Å². The lowest BCUT2D eigenvalue weighted by atomic mass is 10.1. The number of benzene rings is 2. The highest BCUT2D eigenvalue weighted by atomic mass is 32.2.